The van der Waals surface area contributed by atoms with Gasteiger partial charge in [-0.15, -0.1) is 0 Å². The van der Waals surface area contributed by atoms with E-state index in [-0.39, 0.29) is 6.04 Å². The first-order chi connectivity index (χ1) is 8.92. The minimum absolute atomic E-state index is 0.237. The van der Waals surface area contributed by atoms with E-state index < -0.39 is 10.0 Å². The van der Waals surface area contributed by atoms with Crippen molar-refractivity contribution < 1.29 is 8.42 Å². The fourth-order valence-corrected chi connectivity index (χ4v) is 4.04. The molecule has 1 aromatic heterocycles. The van der Waals surface area contributed by atoms with Crippen molar-refractivity contribution in [3.8, 4) is 0 Å². The molecule has 0 bridgehead atoms. The molecule has 1 aliphatic heterocycles. The highest BCUT2D eigenvalue weighted by molar-refractivity contribution is 7.89. The fraction of sp³-hybridized carbons (Fsp3) is 0.750. The first-order valence-corrected chi connectivity index (χ1v) is 8.13. The van der Waals surface area contributed by atoms with Gasteiger partial charge in [0.1, 0.15) is 4.90 Å². The van der Waals surface area contributed by atoms with Crippen LogP contribution in [-0.4, -0.2) is 37.3 Å². The summed E-state index contributed by atoms with van der Waals surface area (Å²) in [4.78, 5) is 0.311. The van der Waals surface area contributed by atoms with Crippen LogP contribution in [0.5, 0.6) is 0 Å². The standard InChI is InChI=1S/C12H22N4O2S/c1-9-12(10(2)16(3)15-9)19(17,18)14-8-11-6-4-5-7-13-11/h11,13-14H,4-8H2,1-3H3/t11-/m0/s1. The molecule has 0 aliphatic carbocycles. The Morgan fingerprint density at radius 1 is 1.42 bits per heavy atom. The second kappa shape index (κ2) is 5.60. The fourth-order valence-electron chi connectivity index (χ4n) is 2.52. The predicted molar refractivity (Wildman–Crippen MR) is 73.5 cm³/mol. The molecule has 0 saturated carbocycles. The molecule has 1 atom stereocenters. The number of hydrogen-bond acceptors (Lipinski definition) is 4. The minimum Gasteiger partial charge on any atom is -0.313 e. The Morgan fingerprint density at radius 2 is 2.16 bits per heavy atom. The quantitative estimate of drug-likeness (QED) is 0.843. The molecular weight excluding hydrogens is 264 g/mol. The van der Waals surface area contributed by atoms with E-state index in [9.17, 15) is 8.42 Å². The normalized spacial score (nSPS) is 20.7. The van der Waals surface area contributed by atoms with Crippen LogP contribution >= 0.6 is 0 Å². The zero-order chi connectivity index (χ0) is 14.0. The summed E-state index contributed by atoms with van der Waals surface area (Å²) in [5.41, 5.74) is 1.21. The van der Waals surface area contributed by atoms with E-state index in [2.05, 4.69) is 15.1 Å². The molecule has 2 rings (SSSR count). The number of nitrogens with one attached hydrogen (secondary N) is 2. The number of aromatic nitrogens is 2. The van der Waals surface area contributed by atoms with E-state index in [1.807, 2.05) is 0 Å². The van der Waals surface area contributed by atoms with E-state index in [1.165, 1.54) is 6.42 Å². The van der Waals surface area contributed by atoms with Crippen molar-refractivity contribution in [1.29, 1.82) is 0 Å². The minimum atomic E-state index is -3.47. The summed E-state index contributed by atoms with van der Waals surface area (Å²) in [5.74, 6) is 0. The van der Waals surface area contributed by atoms with Gasteiger partial charge in [0.05, 0.1) is 11.4 Å². The average Bonchev–Trinajstić information content (AvgIpc) is 2.63. The topological polar surface area (TPSA) is 76.0 Å². The lowest BCUT2D eigenvalue weighted by Gasteiger charge is -2.23. The number of aryl methyl sites for hydroxylation is 2. The van der Waals surface area contributed by atoms with Gasteiger partial charge in [-0.25, -0.2) is 13.1 Å². The summed E-state index contributed by atoms with van der Waals surface area (Å²) in [6.45, 7) is 4.90. The van der Waals surface area contributed by atoms with Crippen molar-refractivity contribution in [3.63, 3.8) is 0 Å². The van der Waals surface area contributed by atoms with E-state index in [0.29, 0.717) is 22.8 Å². The molecule has 0 spiro atoms. The maximum Gasteiger partial charge on any atom is 0.244 e. The zero-order valence-electron chi connectivity index (χ0n) is 11.7. The summed E-state index contributed by atoms with van der Waals surface area (Å²) in [7, 11) is -1.72. The first-order valence-electron chi connectivity index (χ1n) is 6.65. The lowest BCUT2D eigenvalue weighted by atomic mass is 10.1. The lowest BCUT2D eigenvalue weighted by Crippen LogP contribution is -2.43. The van der Waals surface area contributed by atoms with Crippen LogP contribution in [0.15, 0.2) is 4.90 Å². The van der Waals surface area contributed by atoms with Crippen molar-refractivity contribution in [2.75, 3.05) is 13.1 Å². The summed E-state index contributed by atoms with van der Waals surface area (Å²) >= 11 is 0. The molecule has 0 aromatic carbocycles. The van der Waals surface area contributed by atoms with Gasteiger partial charge in [-0.3, -0.25) is 4.68 Å². The lowest BCUT2D eigenvalue weighted by molar-refractivity contribution is 0.398. The van der Waals surface area contributed by atoms with Gasteiger partial charge in [0.25, 0.3) is 0 Å². The molecule has 0 amide bonds. The van der Waals surface area contributed by atoms with Crippen molar-refractivity contribution in [2.45, 2.75) is 44.0 Å². The van der Waals surface area contributed by atoms with Crippen LogP contribution < -0.4 is 10.0 Å². The van der Waals surface area contributed by atoms with Crippen LogP contribution in [-0.2, 0) is 17.1 Å². The summed E-state index contributed by atoms with van der Waals surface area (Å²) < 4.78 is 29.0. The molecule has 19 heavy (non-hydrogen) atoms. The predicted octanol–water partition coefficient (Wildman–Crippen LogP) is 0.457. The van der Waals surface area contributed by atoms with Crippen LogP contribution in [0, 0.1) is 13.8 Å². The molecule has 0 radical (unpaired) electrons. The Hall–Kier alpha value is -0.920. The second-order valence-corrected chi connectivity index (χ2v) is 6.83. The highest BCUT2D eigenvalue weighted by Gasteiger charge is 2.24. The Kier molecular flexibility index (Phi) is 4.27. The van der Waals surface area contributed by atoms with Crippen LogP contribution in [0.3, 0.4) is 0 Å². The first kappa shape index (κ1) is 14.5. The molecular formula is C12H22N4O2S. The molecule has 1 saturated heterocycles. The zero-order valence-corrected chi connectivity index (χ0v) is 12.5. The smallest absolute Gasteiger partial charge is 0.244 e. The van der Waals surface area contributed by atoms with Gasteiger partial charge in [0, 0.05) is 19.6 Å². The van der Waals surface area contributed by atoms with Crippen molar-refractivity contribution in [3.05, 3.63) is 11.4 Å². The van der Waals surface area contributed by atoms with Crippen molar-refractivity contribution in [1.82, 2.24) is 19.8 Å². The Balaban J connectivity index is 2.09. The molecule has 2 heterocycles. The van der Waals surface area contributed by atoms with E-state index in [1.54, 1.807) is 25.6 Å². The Bertz CT molecular complexity index is 544. The van der Waals surface area contributed by atoms with Gasteiger partial charge in [-0.1, -0.05) is 6.42 Å². The van der Waals surface area contributed by atoms with Gasteiger partial charge in [0.15, 0.2) is 0 Å². The Morgan fingerprint density at radius 3 is 2.68 bits per heavy atom. The highest BCUT2D eigenvalue weighted by atomic mass is 32.2. The molecule has 6 nitrogen and oxygen atoms in total. The van der Waals surface area contributed by atoms with Crippen LogP contribution in [0.2, 0.25) is 0 Å². The molecule has 1 aliphatic rings. The van der Waals surface area contributed by atoms with Gasteiger partial charge in [-0.05, 0) is 33.2 Å². The van der Waals surface area contributed by atoms with Crippen LogP contribution in [0.4, 0.5) is 0 Å². The van der Waals surface area contributed by atoms with Gasteiger partial charge < -0.3 is 5.32 Å². The van der Waals surface area contributed by atoms with E-state index in [0.717, 1.165) is 19.4 Å². The average molecular weight is 286 g/mol. The number of sulfonamides is 1. The largest absolute Gasteiger partial charge is 0.313 e. The van der Waals surface area contributed by atoms with Gasteiger partial charge >= 0.3 is 0 Å². The van der Waals surface area contributed by atoms with Crippen molar-refractivity contribution in [2.24, 2.45) is 7.05 Å². The van der Waals surface area contributed by atoms with E-state index >= 15 is 0 Å². The monoisotopic (exact) mass is 286 g/mol. The maximum absolute atomic E-state index is 12.3. The van der Waals surface area contributed by atoms with Crippen LogP contribution in [0.25, 0.3) is 0 Å². The SMILES string of the molecule is Cc1nn(C)c(C)c1S(=O)(=O)NC[C@@H]1CCCCN1. The van der Waals surface area contributed by atoms with Gasteiger partial charge in [0.2, 0.25) is 10.0 Å². The maximum atomic E-state index is 12.3. The van der Waals surface area contributed by atoms with Crippen LogP contribution in [0.1, 0.15) is 30.7 Å². The second-order valence-electron chi connectivity index (χ2n) is 5.12. The molecule has 108 valence electrons. The van der Waals surface area contributed by atoms with Gasteiger partial charge in [-0.2, -0.15) is 5.10 Å². The van der Waals surface area contributed by atoms with Crippen molar-refractivity contribution >= 4 is 10.0 Å². The number of hydrogen-bond donors (Lipinski definition) is 2. The van der Waals surface area contributed by atoms with E-state index in [4.69, 9.17) is 0 Å². The summed E-state index contributed by atoms with van der Waals surface area (Å²) in [5, 5.41) is 7.48. The third kappa shape index (κ3) is 3.16. The summed E-state index contributed by atoms with van der Waals surface area (Å²) in [6.07, 6.45) is 3.35. The third-order valence-electron chi connectivity index (χ3n) is 3.64. The Labute approximate surface area is 114 Å². The molecule has 1 fully saturated rings. The molecule has 1 aromatic rings. The molecule has 2 N–H and O–H groups in total. The number of nitrogens with zero attached hydrogens (tertiary/aromatic N) is 2. The molecule has 0 unspecified atom stereocenters. The number of rotatable bonds is 4. The highest BCUT2D eigenvalue weighted by Crippen LogP contribution is 2.18. The number of piperidine rings is 1. The third-order valence-corrected chi connectivity index (χ3v) is 5.32. The summed E-state index contributed by atoms with van der Waals surface area (Å²) in [6, 6.07) is 0.237. The molecule has 7 heteroatoms.